The molecule has 0 aromatic heterocycles. The molecule has 4 amide bonds. The van der Waals surface area contributed by atoms with Crippen LogP contribution in [0.15, 0.2) is 24.3 Å². The average molecular weight is 308 g/mol. The fourth-order valence-electron chi connectivity index (χ4n) is 1.94. The minimum atomic E-state index is -1.08. The van der Waals surface area contributed by atoms with Crippen molar-refractivity contribution in [3.8, 4) is 0 Å². The summed E-state index contributed by atoms with van der Waals surface area (Å²) in [6.45, 7) is 0.889. The summed E-state index contributed by atoms with van der Waals surface area (Å²) < 4.78 is 17.5. The summed E-state index contributed by atoms with van der Waals surface area (Å²) in [5, 5.41) is 0. The number of carbonyl (C=O) groups excluding carboxylic acids is 4. The lowest BCUT2D eigenvalue weighted by Gasteiger charge is -2.14. The zero-order valence-electron chi connectivity index (χ0n) is 11.7. The Kier molecular flexibility index (Phi) is 4.50. The van der Waals surface area contributed by atoms with E-state index in [0.717, 1.165) is 0 Å². The SMILES string of the molecule is CCOC(=O)CN1C(=O)C(=O)N(Cc2ccc(F)cc2)C1=O. The fraction of sp³-hybridized carbons (Fsp3) is 0.286. The van der Waals surface area contributed by atoms with Crippen LogP contribution in [0, 0.1) is 5.82 Å². The minimum absolute atomic E-state index is 0.0995. The second-order valence-corrected chi connectivity index (χ2v) is 4.50. The first-order valence-corrected chi connectivity index (χ1v) is 6.51. The van der Waals surface area contributed by atoms with Crippen molar-refractivity contribution in [1.29, 1.82) is 0 Å². The first-order chi connectivity index (χ1) is 10.4. The van der Waals surface area contributed by atoms with Crippen LogP contribution in [-0.4, -0.2) is 46.8 Å². The molecule has 1 fully saturated rings. The first kappa shape index (κ1) is 15.6. The third-order valence-electron chi connectivity index (χ3n) is 2.98. The molecule has 1 aliphatic heterocycles. The average Bonchev–Trinajstić information content (AvgIpc) is 2.67. The third kappa shape index (κ3) is 3.11. The molecule has 1 aromatic carbocycles. The molecule has 0 unspecified atom stereocenters. The van der Waals surface area contributed by atoms with Gasteiger partial charge >= 0.3 is 23.8 Å². The van der Waals surface area contributed by atoms with E-state index in [9.17, 15) is 23.6 Å². The number of urea groups is 1. The zero-order valence-corrected chi connectivity index (χ0v) is 11.7. The Morgan fingerprint density at radius 3 is 2.27 bits per heavy atom. The summed E-state index contributed by atoms with van der Waals surface area (Å²) in [7, 11) is 0. The van der Waals surface area contributed by atoms with E-state index in [1.165, 1.54) is 24.3 Å². The zero-order chi connectivity index (χ0) is 16.3. The van der Waals surface area contributed by atoms with E-state index in [0.29, 0.717) is 15.4 Å². The van der Waals surface area contributed by atoms with E-state index in [1.54, 1.807) is 6.92 Å². The van der Waals surface area contributed by atoms with Gasteiger partial charge in [0.05, 0.1) is 13.2 Å². The quantitative estimate of drug-likeness (QED) is 0.454. The van der Waals surface area contributed by atoms with E-state index >= 15 is 0 Å². The van der Waals surface area contributed by atoms with Crippen molar-refractivity contribution in [2.24, 2.45) is 0 Å². The maximum absolute atomic E-state index is 12.8. The lowest BCUT2D eigenvalue weighted by atomic mass is 10.2. The molecule has 22 heavy (non-hydrogen) atoms. The third-order valence-corrected chi connectivity index (χ3v) is 2.98. The Morgan fingerprint density at radius 1 is 1.09 bits per heavy atom. The maximum Gasteiger partial charge on any atom is 0.335 e. The van der Waals surface area contributed by atoms with Gasteiger partial charge in [-0.15, -0.1) is 0 Å². The lowest BCUT2D eigenvalue weighted by molar-refractivity contribution is -0.148. The summed E-state index contributed by atoms with van der Waals surface area (Å²) in [4.78, 5) is 48.2. The van der Waals surface area contributed by atoms with E-state index < -0.39 is 36.2 Å². The van der Waals surface area contributed by atoms with Crippen molar-refractivity contribution in [3.63, 3.8) is 0 Å². The lowest BCUT2D eigenvalue weighted by Crippen LogP contribution is -2.37. The van der Waals surface area contributed by atoms with Crippen LogP contribution in [0.2, 0.25) is 0 Å². The molecule has 0 spiro atoms. The molecule has 1 heterocycles. The number of halogens is 1. The van der Waals surface area contributed by atoms with E-state index in [2.05, 4.69) is 4.74 Å². The molecule has 1 aliphatic rings. The van der Waals surface area contributed by atoms with Crippen LogP contribution >= 0.6 is 0 Å². The number of benzene rings is 1. The van der Waals surface area contributed by atoms with Crippen molar-refractivity contribution in [3.05, 3.63) is 35.6 Å². The van der Waals surface area contributed by atoms with Crippen molar-refractivity contribution in [2.45, 2.75) is 13.5 Å². The Bertz CT molecular complexity index is 629. The Labute approximate surface area is 125 Å². The molecule has 0 radical (unpaired) electrons. The number of esters is 1. The van der Waals surface area contributed by atoms with Gasteiger partial charge in [0.15, 0.2) is 0 Å². The number of rotatable bonds is 5. The van der Waals surface area contributed by atoms with Crippen LogP contribution in [0.5, 0.6) is 0 Å². The highest BCUT2D eigenvalue weighted by Crippen LogP contribution is 2.16. The van der Waals surface area contributed by atoms with Crippen molar-refractivity contribution < 1.29 is 28.3 Å². The van der Waals surface area contributed by atoms with Gasteiger partial charge < -0.3 is 4.74 Å². The molecule has 0 saturated carbocycles. The Hall–Kier alpha value is -2.77. The highest BCUT2D eigenvalue weighted by atomic mass is 19.1. The van der Waals surface area contributed by atoms with Gasteiger partial charge in [0.2, 0.25) is 0 Å². The number of imide groups is 2. The van der Waals surface area contributed by atoms with Gasteiger partial charge in [-0.05, 0) is 24.6 Å². The number of hydrogen-bond donors (Lipinski definition) is 0. The highest BCUT2D eigenvalue weighted by molar-refractivity contribution is 6.44. The summed E-state index contributed by atoms with van der Waals surface area (Å²) in [6, 6.07) is 4.26. The number of hydrogen-bond acceptors (Lipinski definition) is 5. The van der Waals surface area contributed by atoms with Crippen LogP contribution in [0.3, 0.4) is 0 Å². The van der Waals surface area contributed by atoms with Gasteiger partial charge in [-0.1, -0.05) is 12.1 Å². The van der Waals surface area contributed by atoms with Gasteiger partial charge in [0.1, 0.15) is 12.4 Å². The molecule has 0 aliphatic carbocycles. The summed E-state index contributed by atoms with van der Waals surface area (Å²) in [6.07, 6.45) is 0. The van der Waals surface area contributed by atoms with Crippen LogP contribution in [-0.2, 0) is 25.7 Å². The van der Waals surface area contributed by atoms with Crippen LogP contribution < -0.4 is 0 Å². The number of amides is 4. The van der Waals surface area contributed by atoms with Crippen LogP contribution in [0.1, 0.15) is 12.5 Å². The second-order valence-electron chi connectivity index (χ2n) is 4.50. The molecule has 8 heteroatoms. The largest absolute Gasteiger partial charge is 0.465 e. The van der Waals surface area contributed by atoms with Crippen molar-refractivity contribution in [1.82, 2.24) is 9.80 Å². The number of ether oxygens (including phenoxy) is 1. The van der Waals surface area contributed by atoms with Crippen LogP contribution in [0.25, 0.3) is 0 Å². The first-order valence-electron chi connectivity index (χ1n) is 6.51. The van der Waals surface area contributed by atoms with E-state index in [-0.39, 0.29) is 13.2 Å². The monoisotopic (exact) mass is 308 g/mol. The van der Waals surface area contributed by atoms with Crippen molar-refractivity contribution in [2.75, 3.05) is 13.2 Å². The summed E-state index contributed by atoms with van der Waals surface area (Å²) >= 11 is 0. The molecule has 0 N–H and O–H groups in total. The maximum atomic E-state index is 12.8. The molecule has 2 rings (SSSR count). The predicted molar refractivity (Wildman–Crippen MR) is 70.7 cm³/mol. The van der Waals surface area contributed by atoms with Gasteiger partial charge in [0.25, 0.3) is 0 Å². The molecular weight excluding hydrogens is 295 g/mol. The highest BCUT2D eigenvalue weighted by Gasteiger charge is 2.45. The number of carbonyl (C=O) groups is 4. The standard InChI is InChI=1S/C14H13FN2O5/c1-2-22-11(18)8-17-13(20)12(19)16(14(17)21)7-9-3-5-10(15)6-4-9/h3-6H,2,7-8H2,1H3. The normalized spacial score (nSPS) is 14.7. The van der Waals surface area contributed by atoms with E-state index in [1.807, 2.05) is 0 Å². The topological polar surface area (TPSA) is 84.0 Å². The second kappa shape index (κ2) is 6.33. The molecule has 116 valence electrons. The van der Waals surface area contributed by atoms with Gasteiger partial charge in [-0.2, -0.15) is 0 Å². The fourth-order valence-corrected chi connectivity index (χ4v) is 1.94. The minimum Gasteiger partial charge on any atom is -0.465 e. The van der Waals surface area contributed by atoms with E-state index in [4.69, 9.17) is 0 Å². The van der Waals surface area contributed by atoms with Crippen LogP contribution in [0.4, 0.5) is 9.18 Å². The molecule has 1 saturated heterocycles. The van der Waals surface area contributed by atoms with Gasteiger partial charge in [-0.25, -0.2) is 14.1 Å². The smallest absolute Gasteiger partial charge is 0.335 e. The predicted octanol–water partition coefficient (Wildman–Crippen LogP) is 0.680. The number of nitrogens with zero attached hydrogens (tertiary/aromatic N) is 2. The van der Waals surface area contributed by atoms with Gasteiger partial charge in [0, 0.05) is 0 Å². The molecule has 0 bridgehead atoms. The molecule has 0 atom stereocenters. The molecule has 1 aromatic rings. The Morgan fingerprint density at radius 2 is 1.68 bits per heavy atom. The Balaban J connectivity index is 2.11. The summed E-state index contributed by atoms with van der Waals surface area (Å²) in [5.41, 5.74) is 0.480. The van der Waals surface area contributed by atoms with Gasteiger partial charge in [-0.3, -0.25) is 19.3 Å². The molecule has 7 nitrogen and oxygen atoms in total. The molecular formula is C14H13FN2O5. The summed E-state index contributed by atoms with van der Waals surface area (Å²) in [5.74, 6) is -3.35. The van der Waals surface area contributed by atoms with Crippen molar-refractivity contribution >= 4 is 23.8 Å².